The van der Waals surface area contributed by atoms with Crippen LogP contribution >= 0.6 is 0 Å². The van der Waals surface area contributed by atoms with Gasteiger partial charge in [-0.15, -0.1) is 0 Å². The maximum atomic E-state index is 14.0. The molecule has 0 aliphatic carbocycles. The minimum Gasteiger partial charge on any atom is -0.316 e. The summed E-state index contributed by atoms with van der Waals surface area (Å²) in [7, 11) is 1.91. The smallest absolute Gasteiger partial charge is 0.127 e. The maximum Gasteiger partial charge on any atom is 0.127 e. The fourth-order valence-electron chi connectivity index (χ4n) is 2.95. The summed E-state index contributed by atoms with van der Waals surface area (Å²) in [5, 5.41) is 3.12. The van der Waals surface area contributed by atoms with Gasteiger partial charge in [0.25, 0.3) is 0 Å². The van der Waals surface area contributed by atoms with Crippen molar-refractivity contribution in [1.29, 1.82) is 0 Å². The van der Waals surface area contributed by atoms with Gasteiger partial charge in [0.15, 0.2) is 0 Å². The van der Waals surface area contributed by atoms with E-state index in [0.29, 0.717) is 5.92 Å². The zero-order valence-corrected chi connectivity index (χ0v) is 13.5. The molecule has 118 valence electrons. The summed E-state index contributed by atoms with van der Waals surface area (Å²) in [4.78, 5) is 4.87. The number of benzene rings is 1. The second kappa shape index (κ2) is 7.87. The van der Waals surface area contributed by atoms with Crippen LogP contribution in [0.15, 0.2) is 18.2 Å². The van der Waals surface area contributed by atoms with Crippen molar-refractivity contribution in [2.24, 2.45) is 5.92 Å². The third kappa shape index (κ3) is 5.06. The van der Waals surface area contributed by atoms with Crippen LogP contribution in [0.4, 0.5) is 4.39 Å². The first-order valence-corrected chi connectivity index (χ1v) is 7.95. The molecule has 1 heterocycles. The Balaban J connectivity index is 1.89. The van der Waals surface area contributed by atoms with Crippen molar-refractivity contribution < 1.29 is 4.39 Å². The molecule has 0 amide bonds. The molecule has 1 aromatic rings. The third-order valence-corrected chi connectivity index (χ3v) is 3.97. The highest BCUT2D eigenvalue weighted by Crippen LogP contribution is 2.15. The molecule has 0 unspecified atom stereocenters. The van der Waals surface area contributed by atoms with Crippen molar-refractivity contribution in [2.75, 3.05) is 39.8 Å². The molecule has 0 saturated carbocycles. The number of rotatable bonds is 6. The van der Waals surface area contributed by atoms with Gasteiger partial charge in [-0.3, -0.25) is 4.90 Å². The van der Waals surface area contributed by atoms with Crippen LogP contribution < -0.4 is 5.32 Å². The van der Waals surface area contributed by atoms with Crippen molar-refractivity contribution in [3.8, 4) is 0 Å². The maximum absolute atomic E-state index is 14.0. The van der Waals surface area contributed by atoms with Crippen LogP contribution in [0.3, 0.4) is 0 Å². The van der Waals surface area contributed by atoms with Gasteiger partial charge in [-0.05, 0) is 24.6 Å². The lowest BCUT2D eigenvalue weighted by molar-refractivity contribution is 0.116. The van der Waals surface area contributed by atoms with Crippen LogP contribution in [-0.4, -0.2) is 49.6 Å². The number of nitrogens with one attached hydrogen (secondary N) is 1. The van der Waals surface area contributed by atoms with E-state index in [4.69, 9.17) is 0 Å². The van der Waals surface area contributed by atoms with Gasteiger partial charge in [0, 0.05) is 51.4 Å². The van der Waals surface area contributed by atoms with Gasteiger partial charge in [0.05, 0.1) is 0 Å². The Hall–Kier alpha value is -0.970. The quantitative estimate of drug-likeness (QED) is 0.868. The SMILES string of the molecule is CNCc1ccc(F)c(CN2CCN(CC(C)C)CC2)c1. The Morgan fingerprint density at radius 3 is 2.43 bits per heavy atom. The van der Waals surface area contributed by atoms with Crippen molar-refractivity contribution in [2.45, 2.75) is 26.9 Å². The largest absolute Gasteiger partial charge is 0.316 e. The Kier molecular flexibility index (Phi) is 6.15. The van der Waals surface area contributed by atoms with Crippen LogP contribution in [0.1, 0.15) is 25.0 Å². The molecule has 1 aromatic carbocycles. The molecule has 2 rings (SSSR count). The second-order valence-corrected chi connectivity index (χ2v) is 6.43. The zero-order chi connectivity index (χ0) is 15.2. The molecular formula is C17H28FN3. The summed E-state index contributed by atoms with van der Waals surface area (Å²) in [6, 6.07) is 5.44. The highest BCUT2D eigenvalue weighted by molar-refractivity contribution is 5.25. The van der Waals surface area contributed by atoms with E-state index in [1.807, 2.05) is 19.2 Å². The normalized spacial score (nSPS) is 17.6. The second-order valence-electron chi connectivity index (χ2n) is 6.43. The Morgan fingerprint density at radius 2 is 1.81 bits per heavy atom. The zero-order valence-electron chi connectivity index (χ0n) is 13.5. The predicted octanol–water partition coefficient (Wildman–Crippen LogP) is 2.32. The van der Waals surface area contributed by atoms with Gasteiger partial charge in [-0.2, -0.15) is 0 Å². The van der Waals surface area contributed by atoms with Crippen LogP contribution in [0, 0.1) is 11.7 Å². The van der Waals surface area contributed by atoms with E-state index >= 15 is 0 Å². The number of hydrogen-bond donors (Lipinski definition) is 1. The highest BCUT2D eigenvalue weighted by Gasteiger charge is 2.18. The molecule has 1 saturated heterocycles. The topological polar surface area (TPSA) is 18.5 Å². The van der Waals surface area contributed by atoms with Gasteiger partial charge in [-0.25, -0.2) is 4.39 Å². The summed E-state index contributed by atoms with van der Waals surface area (Å²) in [6.07, 6.45) is 0. The van der Waals surface area contributed by atoms with Crippen molar-refractivity contribution in [3.63, 3.8) is 0 Å². The fraction of sp³-hybridized carbons (Fsp3) is 0.647. The van der Waals surface area contributed by atoms with E-state index in [2.05, 4.69) is 29.0 Å². The lowest BCUT2D eigenvalue weighted by Gasteiger charge is -2.35. The van der Waals surface area contributed by atoms with E-state index in [0.717, 1.165) is 50.4 Å². The molecular weight excluding hydrogens is 265 g/mol. The molecule has 1 aliphatic heterocycles. The summed E-state index contributed by atoms with van der Waals surface area (Å²) in [6.45, 7) is 11.4. The van der Waals surface area contributed by atoms with Crippen LogP contribution in [-0.2, 0) is 13.1 Å². The van der Waals surface area contributed by atoms with Crippen molar-refractivity contribution in [3.05, 3.63) is 35.1 Å². The molecule has 3 nitrogen and oxygen atoms in total. The molecule has 1 N–H and O–H groups in total. The summed E-state index contributed by atoms with van der Waals surface area (Å²) < 4.78 is 14.0. The first-order chi connectivity index (χ1) is 10.1. The third-order valence-electron chi connectivity index (χ3n) is 3.97. The van der Waals surface area contributed by atoms with Crippen LogP contribution in [0.25, 0.3) is 0 Å². The first-order valence-electron chi connectivity index (χ1n) is 7.95. The average molecular weight is 293 g/mol. The molecule has 1 aliphatic rings. The van der Waals surface area contributed by atoms with E-state index in [1.165, 1.54) is 6.54 Å². The predicted molar refractivity (Wildman–Crippen MR) is 85.7 cm³/mol. The number of nitrogens with zero attached hydrogens (tertiary/aromatic N) is 2. The van der Waals surface area contributed by atoms with Gasteiger partial charge in [0.1, 0.15) is 5.82 Å². The minimum atomic E-state index is -0.0838. The first kappa shape index (κ1) is 16.4. The highest BCUT2D eigenvalue weighted by atomic mass is 19.1. The van der Waals surface area contributed by atoms with Crippen LogP contribution in [0.5, 0.6) is 0 Å². The molecule has 0 bridgehead atoms. The molecule has 0 aromatic heterocycles. The summed E-state index contributed by atoms with van der Waals surface area (Å²) in [5.41, 5.74) is 1.97. The van der Waals surface area contributed by atoms with Crippen molar-refractivity contribution >= 4 is 0 Å². The average Bonchev–Trinajstić information content (AvgIpc) is 2.44. The van der Waals surface area contributed by atoms with E-state index in [-0.39, 0.29) is 5.82 Å². The van der Waals surface area contributed by atoms with E-state index in [1.54, 1.807) is 6.07 Å². The van der Waals surface area contributed by atoms with Crippen molar-refractivity contribution in [1.82, 2.24) is 15.1 Å². The van der Waals surface area contributed by atoms with E-state index in [9.17, 15) is 4.39 Å². The Labute approximate surface area is 128 Å². The van der Waals surface area contributed by atoms with Crippen LogP contribution in [0.2, 0.25) is 0 Å². The molecule has 21 heavy (non-hydrogen) atoms. The summed E-state index contributed by atoms with van der Waals surface area (Å²) >= 11 is 0. The Bertz CT molecular complexity index is 440. The molecule has 1 fully saturated rings. The van der Waals surface area contributed by atoms with Gasteiger partial charge < -0.3 is 10.2 Å². The van der Waals surface area contributed by atoms with E-state index < -0.39 is 0 Å². The molecule has 0 radical (unpaired) electrons. The molecule has 0 atom stereocenters. The Morgan fingerprint density at radius 1 is 1.14 bits per heavy atom. The molecule has 4 heteroatoms. The summed E-state index contributed by atoms with van der Waals surface area (Å²) in [5.74, 6) is 0.631. The van der Waals surface area contributed by atoms with Gasteiger partial charge in [0.2, 0.25) is 0 Å². The molecule has 0 spiro atoms. The lowest BCUT2D eigenvalue weighted by Crippen LogP contribution is -2.46. The van der Waals surface area contributed by atoms with Gasteiger partial charge >= 0.3 is 0 Å². The monoisotopic (exact) mass is 293 g/mol. The fourth-order valence-corrected chi connectivity index (χ4v) is 2.95. The minimum absolute atomic E-state index is 0.0838. The standard InChI is InChI=1S/C17H28FN3/c1-14(2)12-20-6-8-21(9-7-20)13-16-10-15(11-19-3)4-5-17(16)18/h4-5,10,14,19H,6-9,11-13H2,1-3H3. The number of halogens is 1. The number of piperazine rings is 1. The van der Waals surface area contributed by atoms with Gasteiger partial charge in [-0.1, -0.05) is 26.0 Å². The number of hydrogen-bond acceptors (Lipinski definition) is 3. The lowest BCUT2D eigenvalue weighted by atomic mass is 10.1.